The highest BCUT2D eigenvalue weighted by molar-refractivity contribution is 7.17. The fourth-order valence-electron chi connectivity index (χ4n) is 5.30. The minimum atomic E-state index is -0.469. The standard InChI is InChI=1S/C34H34N4O5S2/c1-3-41-19-17-37-27-15-13-23-9-5-7-11-25(23)31(27)44-33(37)35-29(39)21-43-22-30(40)36-34-38(18-20-42-4-2)28-16-14-24-10-6-8-12-26(24)32(28)45-34/h5-16H,3-4,17-22H2,1-2H3. The van der Waals surface area contributed by atoms with E-state index in [1.807, 2.05) is 47.2 Å². The van der Waals surface area contributed by atoms with Crippen LogP contribution < -0.4 is 9.60 Å². The fraction of sp³-hybridized carbons (Fsp3) is 0.294. The summed E-state index contributed by atoms with van der Waals surface area (Å²) in [6, 6.07) is 24.6. The average Bonchev–Trinajstić information content (AvgIpc) is 3.58. The molecule has 0 aliphatic rings. The Hall–Kier alpha value is -4.00. The normalized spacial score (nSPS) is 12.8. The molecule has 0 atom stereocenters. The molecule has 0 fully saturated rings. The van der Waals surface area contributed by atoms with E-state index < -0.39 is 11.8 Å². The minimum Gasteiger partial charge on any atom is -0.380 e. The van der Waals surface area contributed by atoms with Crippen molar-refractivity contribution in [2.75, 3.05) is 39.6 Å². The van der Waals surface area contributed by atoms with Crippen molar-refractivity contribution in [2.24, 2.45) is 9.98 Å². The Morgan fingerprint density at radius 1 is 0.622 bits per heavy atom. The number of fused-ring (bicyclic) bond motifs is 6. The van der Waals surface area contributed by atoms with E-state index in [2.05, 4.69) is 58.5 Å². The highest BCUT2D eigenvalue weighted by Crippen LogP contribution is 2.29. The highest BCUT2D eigenvalue weighted by atomic mass is 32.1. The molecule has 0 saturated heterocycles. The Kier molecular flexibility index (Phi) is 9.92. The number of thiazole rings is 2. The van der Waals surface area contributed by atoms with E-state index in [-0.39, 0.29) is 13.2 Å². The quantitative estimate of drug-likeness (QED) is 0.160. The maximum Gasteiger partial charge on any atom is 0.274 e. The molecule has 2 amide bonds. The molecule has 6 rings (SSSR count). The molecule has 0 aliphatic heterocycles. The molecular weight excluding hydrogens is 609 g/mol. The van der Waals surface area contributed by atoms with Gasteiger partial charge in [-0.1, -0.05) is 83.3 Å². The topological polar surface area (TPSA) is 96.4 Å². The zero-order valence-electron chi connectivity index (χ0n) is 25.2. The van der Waals surface area contributed by atoms with Gasteiger partial charge in [0.15, 0.2) is 9.60 Å². The van der Waals surface area contributed by atoms with Gasteiger partial charge in [-0.25, -0.2) is 0 Å². The van der Waals surface area contributed by atoms with Gasteiger partial charge < -0.3 is 23.3 Å². The minimum absolute atomic E-state index is 0.330. The predicted octanol–water partition coefficient (Wildman–Crippen LogP) is 5.67. The van der Waals surface area contributed by atoms with Gasteiger partial charge in [-0.2, -0.15) is 9.98 Å². The van der Waals surface area contributed by atoms with Gasteiger partial charge in [-0.05, 0) is 36.8 Å². The number of hydrogen-bond acceptors (Lipinski definition) is 7. The van der Waals surface area contributed by atoms with Crippen LogP contribution >= 0.6 is 22.7 Å². The third-order valence-electron chi connectivity index (χ3n) is 7.37. The number of hydrogen-bond donors (Lipinski definition) is 0. The Bertz CT molecular complexity index is 1990. The molecule has 4 aromatic carbocycles. The lowest BCUT2D eigenvalue weighted by Gasteiger charge is -2.06. The van der Waals surface area contributed by atoms with Crippen molar-refractivity contribution in [3.8, 4) is 0 Å². The first kappa shape index (κ1) is 31.0. The lowest BCUT2D eigenvalue weighted by molar-refractivity contribution is -0.127. The maximum absolute atomic E-state index is 12.9. The van der Waals surface area contributed by atoms with Crippen molar-refractivity contribution in [1.82, 2.24) is 9.13 Å². The van der Waals surface area contributed by atoms with Crippen molar-refractivity contribution < 1.29 is 23.8 Å². The van der Waals surface area contributed by atoms with Crippen LogP contribution in [-0.4, -0.2) is 60.6 Å². The Morgan fingerprint density at radius 2 is 1.07 bits per heavy atom. The summed E-state index contributed by atoms with van der Waals surface area (Å²) >= 11 is 2.92. The number of nitrogens with zero attached hydrogens (tertiary/aromatic N) is 4. The molecule has 0 spiro atoms. The molecule has 0 N–H and O–H groups in total. The first-order valence-corrected chi connectivity index (χ1v) is 16.6. The van der Waals surface area contributed by atoms with Gasteiger partial charge in [0.1, 0.15) is 13.2 Å². The number of carbonyl (C=O) groups excluding carboxylic acids is 2. The third-order valence-corrected chi connectivity index (χ3v) is 9.62. The second kappa shape index (κ2) is 14.4. The fourth-order valence-corrected chi connectivity index (χ4v) is 7.72. The van der Waals surface area contributed by atoms with Crippen molar-refractivity contribution in [3.05, 3.63) is 82.4 Å². The summed E-state index contributed by atoms with van der Waals surface area (Å²) in [7, 11) is 0. The lowest BCUT2D eigenvalue weighted by Crippen LogP contribution is -2.22. The van der Waals surface area contributed by atoms with E-state index in [1.54, 1.807) is 0 Å². The molecule has 6 aromatic rings. The van der Waals surface area contributed by atoms with Crippen molar-refractivity contribution in [1.29, 1.82) is 0 Å². The molecule has 45 heavy (non-hydrogen) atoms. The van der Waals surface area contributed by atoms with Crippen LogP contribution in [0.15, 0.2) is 82.8 Å². The van der Waals surface area contributed by atoms with Crippen molar-refractivity contribution >= 4 is 76.5 Å². The van der Waals surface area contributed by atoms with E-state index >= 15 is 0 Å². The van der Waals surface area contributed by atoms with E-state index in [1.165, 1.54) is 22.7 Å². The molecular formula is C34H34N4O5S2. The molecule has 9 nitrogen and oxygen atoms in total. The zero-order chi connectivity index (χ0) is 31.2. The molecule has 0 unspecified atom stereocenters. The summed E-state index contributed by atoms with van der Waals surface area (Å²) in [5.41, 5.74) is 1.99. The Labute approximate surface area is 267 Å². The van der Waals surface area contributed by atoms with Crippen LogP contribution in [0.25, 0.3) is 42.0 Å². The Balaban J connectivity index is 1.22. The van der Waals surface area contributed by atoms with Gasteiger partial charge in [0.2, 0.25) is 0 Å². The van der Waals surface area contributed by atoms with E-state index in [0.717, 1.165) is 42.0 Å². The lowest BCUT2D eigenvalue weighted by atomic mass is 10.1. The second-order valence-corrected chi connectivity index (χ2v) is 12.2. The first-order chi connectivity index (χ1) is 22.1. The van der Waals surface area contributed by atoms with Crippen LogP contribution in [0, 0.1) is 0 Å². The van der Waals surface area contributed by atoms with Gasteiger partial charge in [0.25, 0.3) is 11.8 Å². The number of ether oxygens (including phenoxy) is 3. The summed E-state index contributed by atoms with van der Waals surface area (Å²) in [6.07, 6.45) is 0. The van der Waals surface area contributed by atoms with Gasteiger partial charge in [-0.15, -0.1) is 0 Å². The highest BCUT2D eigenvalue weighted by Gasteiger charge is 2.13. The largest absolute Gasteiger partial charge is 0.380 e. The molecule has 2 heterocycles. The van der Waals surface area contributed by atoms with Gasteiger partial charge >= 0.3 is 0 Å². The first-order valence-electron chi connectivity index (χ1n) is 15.0. The molecule has 0 saturated carbocycles. The molecule has 11 heteroatoms. The van der Waals surface area contributed by atoms with E-state index in [4.69, 9.17) is 14.2 Å². The monoisotopic (exact) mass is 642 g/mol. The second-order valence-electron chi connectivity index (χ2n) is 10.2. The summed E-state index contributed by atoms with van der Waals surface area (Å²) in [4.78, 5) is 35.8. The summed E-state index contributed by atoms with van der Waals surface area (Å²) in [5, 5.41) is 4.46. The molecule has 0 bridgehead atoms. The summed E-state index contributed by atoms with van der Waals surface area (Å²) in [5.74, 6) is -0.937. The Morgan fingerprint density at radius 3 is 1.51 bits per heavy atom. The van der Waals surface area contributed by atoms with E-state index in [9.17, 15) is 9.59 Å². The van der Waals surface area contributed by atoms with Crippen LogP contribution in [0.3, 0.4) is 0 Å². The summed E-state index contributed by atoms with van der Waals surface area (Å²) < 4.78 is 22.8. The van der Waals surface area contributed by atoms with E-state index in [0.29, 0.717) is 49.1 Å². The number of benzene rings is 4. The smallest absolute Gasteiger partial charge is 0.274 e. The SMILES string of the molecule is CCOCCn1c(=NC(=O)COCC(=O)N=c2sc3c4ccccc4ccc3n2CCOCC)sc2c3ccccc3ccc21. The van der Waals surface area contributed by atoms with Crippen LogP contribution in [0.2, 0.25) is 0 Å². The molecule has 0 aliphatic carbocycles. The van der Waals surface area contributed by atoms with Gasteiger partial charge in [0, 0.05) is 37.1 Å². The molecule has 2 aromatic heterocycles. The van der Waals surface area contributed by atoms with Gasteiger partial charge in [0.05, 0.1) is 33.6 Å². The maximum atomic E-state index is 12.9. The van der Waals surface area contributed by atoms with Gasteiger partial charge in [-0.3, -0.25) is 9.59 Å². The third kappa shape index (κ3) is 6.82. The zero-order valence-corrected chi connectivity index (χ0v) is 26.9. The number of amides is 2. The van der Waals surface area contributed by atoms with Crippen molar-refractivity contribution in [2.45, 2.75) is 26.9 Å². The summed E-state index contributed by atoms with van der Waals surface area (Å²) in [6.45, 7) is 6.57. The van der Waals surface area contributed by atoms with Crippen LogP contribution in [0.5, 0.6) is 0 Å². The molecule has 0 radical (unpaired) electrons. The predicted molar refractivity (Wildman–Crippen MR) is 180 cm³/mol. The number of carbonyl (C=O) groups is 2. The van der Waals surface area contributed by atoms with Crippen LogP contribution in [0.1, 0.15) is 13.8 Å². The molecule has 232 valence electrons. The van der Waals surface area contributed by atoms with Crippen LogP contribution in [0.4, 0.5) is 0 Å². The van der Waals surface area contributed by atoms with Crippen molar-refractivity contribution in [3.63, 3.8) is 0 Å². The number of aromatic nitrogens is 2. The van der Waals surface area contributed by atoms with Crippen LogP contribution in [-0.2, 0) is 36.9 Å². The number of rotatable bonds is 12. The average molecular weight is 643 g/mol.